The maximum atomic E-state index is 12.3. The van der Waals surface area contributed by atoms with Crippen LogP contribution in [-0.4, -0.2) is 48.6 Å². The molecule has 1 atom stereocenters. The Balaban J connectivity index is 1.72. The minimum Gasteiger partial charge on any atom is -0.379 e. The summed E-state index contributed by atoms with van der Waals surface area (Å²) in [5.41, 5.74) is 3.04. The van der Waals surface area contributed by atoms with Gasteiger partial charge in [0.25, 0.3) is 5.91 Å². The summed E-state index contributed by atoms with van der Waals surface area (Å²) in [6, 6.07) is 12.2. The highest BCUT2D eigenvalue weighted by Crippen LogP contribution is 2.22. The fourth-order valence-electron chi connectivity index (χ4n) is 2.92. The van der Waals surface area contributed by atoms with Crippen molar-refractivity contribution in [3.8, 4) is 0 Å². The summed E-state index contributed by atoms with van der Waals surface area (Å²) < 4.78 is 5.46. The van der Waals surface area contributed by atoms with Crippen molar-refractivity contribution in [1.29, 1.82) is 0 Å². The monoisotopic (exact) mass is 325 g/mol. The summed E-state index contributed by atoms with van der Waals surface area (Å²) in [5.74, 6) is -0.0894. The summed E-state index contributed by atoms with van der Waals surface area (Å²) in [5, 5.41) is 3.05. The van der Waals surface area contributed by atoms with Crippen LogP contribution in [0.2, 0.25) is 0 Å². The number of ether oxygens (including phenoxy) is 1. The summed E-state index contributed by atoms with van der Waals surface area (Å²) in [6.07, 6.45) is 3.25. The Morgan fingerprint density at radius 3 is 2.67 bits per heavy atom. The molecule has 0 bridgehead atoms. The highest BCUT2D eigenvalue weighted by atomic mass is 16.5. The molecule has 2 heterocycles. The van der Waals surface area contributed by atoms with Crippen molar-refractivity contribution < 1.29 is 9.53 Å². The predicted molar refractivity (Wildman–Crippen MR) is 92.9 cm³/mol. The molecule has 1 aromatic heterocycles. The number of carbonyl (C=O) groups is 1. The van der Waals surface area contributed by atoms with Crippen molar-refractivity contribution in [1.82, 2.24) is 15.2 Å². The third kappa shape index (κ3) is 4.19. The van der Waals surface area contributed by atoms with Crippen molar-refractivity contribution in [3.63, 3.8) is 0 Å². The van der Waals surface area contributed by atoms with Gasteiger partial charge in [0, 0.05) is 32.0 Å². The number of benzene rings is 1. The Kier molecular flexibility index (Phi) is 5.56. The standard InChI is InChI=1S/C19H23N3O2/c1-15-4-6-16(7-5-15)18(22-9-11-24-12-10-22)14-21-19(23)17-3-2-8-20-13-17/h2-8,13,18H,9-12,14H2,1H3,(H,21,23). The third-order valence-electron chi connectivity index (χ3n) is 4.33. The highest BCUT2D eigenvalue weighted by Gasteiger charge is 2.23. The first kappa shape index (κ1) is 16.6. The van der Waals surface area contributed by atoms with E-state index in [2.05, 4.69) is 46.4 Å². The van der Waals surface area contributed by atoms with Crippen LogP contribution in [-0.2, 0) is 4.74 Å². The molecule has 1 unspecified atom stereocenters. The third-order valence-corrected chi connectivity index (χ3v) is 4.33. The zero-order valence-corrected chi connectivity index (χ0v) is 13.9. The van der Waals surface area contributed by atoms with Crippen LogP contribution in [0, 0.1) is 6.92 Å². The minimum atomic E-state index is -0.0894. The van der Waals surface area contributed by atoms with Gasteiger partial charge in [0.1, 0.15) is 0 Å². The van der Waals surface area contributed by atoms with E-state index in [9.17, 15) is 4.79 Å². The molecule has 0 spiro atoms. The average molecular weight is 325 g/mol. The van der Waals surface area contributed by atoms with Crippen LogP contribution < -0.4 is 5.32 Å². The number of hydrogen-bond donors (Lipinski definition) is 1. The second-order valence-electron chi connectivity index (χ2n) is 6.03. The smallest absolute Gasteiger partial charge is 0.252 e. The maximum absolute atomic E-state index is 12.3. The molecule has 3 rings (SSSR count). The summed E-state index contributed by atoms with van der Waals surface area (Å²) in [4.78, 5) is 18.7. The number of nitrogens with one attached hydrogen (secondary N) is 1. The van der Waals surface area contributed by atoms with E-state index in [0.717, 1.165) is 26.3 Å². The van der Waals surface area contributed by atoms with Crippen molar-refractivity contribution >= 4 is 5.91 Å². The minimum absolute atomic E-state index is 0.0894. The molecule has 0 radical (unpaired) electrons. The molecule has 1 aliphatic heterocycles. The zero-order valence-electron chi connectivity index (χ0n) is 13.9. The molecular formula is C19H23N3O2. The van der Waals surface area contributed by atoms with E-state index in [1.165, 1.54) is 11.1 Å². The van der Waals surface area contributed by atoms with E-state index in [0.29, 0.717) is 12.1 Å². The molecule has 1 fully saturated rings. The largest absolute Gasteiger partial charge is 0.379 e. The van der Waals surface area contributed by atoms with Crippen LogP contribution in [0.1, 0.15) is 27.5 Å². The van der Waals surface area contributed by atoms with Gasteiger partial charge in [-0.1, -0.05) is 29.8 Å². The fourth-order valence-corrected chi connectivity index (χ4v) is 2.92. The van der Waals surface area contributed by atoms with Gasteiger partial charge in [-0.2, -0.15) is 0 Å². The topological polar surface area (TPSA) is 54.5 Å². The molecule has 126 valence electrons. The van der Waals surface area contributed by atoms with Crippen molar-refractivity contribution in [3.05, 3.63) is 65.5 Å². The molecule has 2 aromatic rings. The lowest BCUT2D eigenvalue weighted by molar-refractivity contribution is 0.0162. The number of amides is 1. The van der Waals surface area contributed by atoms with Gasteiger partial charge in [-0.25, -0.2) is 0 Å². The molecule has 1 N–H and O–H groups in total. The van der Waals surface area contributed by atoms with Gasteiger partial charge in [0.15, 0.2) is 0 Å². The van der Waals surface area contributed by atoms with E-state index in [-0.39, 0.29) is 11.9 Å². The van der Waals surface area contributed by atoms with Gasteiger partial charge in [0.2, 0.25) is 0 Å². The molecule has 1 amide bonds. The van der Waals surface area contributed by atoms with E-state index in [4.69, 9.17) is 4.74 Å². The first-order valence-electron chi connectivity index (χ1n) is 8.30. The Morgan fingerprint density at radius 1 is 1.25 bits per heavy atom. The first-order chi connectivity index (χ1) is 11.7. The van der Waals surface area contributed by atoms with Crippen molar-refractivity contribution in [2.24, 2.45) is 0 Å². The molecule has 1 saturated heterocycles. The molecule has 0 saturated carbocycles. The van der Waals surface area contributed by atoms with Gasteiger partial charge in [-0.3, -0.25) is 14.7 Å². The normalized spacial score (nSPS) is 16.5. The summed E-state index contributed by atoms with van der Waals surface area (Å²) in [6.45, 7) is 5.87. The number of carbonyl (C=O) groups excluding carboxylic acids is 1. The van der Waals surface area contributed by atoms with Crippen LogP contribution >= 0.6 is 0 Å². The lowest BCUT2D eigenvalue weighted by atomic mass is 10.0. The number of aryl methyl sites for hydroxylation is 1. The maximum Gasteiger partial charge on any atom is 0.252 e. The molecule has 1 aromatic carbocycles. The van der Waals surface area contributed by atoms with Gasteiger partial charge in [0.05, 0.1) is 24.8 Å². The van der Waals surface area contributed by atoms with Gasteiger partial charge in [-0.05, 0) is 24.6 Å². The van der Waals surface area contributed by atoms with E-state index in [1.54, 1.807) is 24.5 Å². The predicted octanol–water partition coefficient (Wildman–Crippen LogP) is 2.19. The Bertz CT molecular complexity index is 652. The molecular weight excluding hydrogens is 302 g/mol. The second kappa shape index (κ2) is 8.04. The Labute approximate surface area is 142 Å². The van der Waals surface area contributed by atoms with E-state index in [1.807, 2.05) is 0 Å². The van der Waals surface area contributed by atoms with Crippen molar-refractivity contribution in [2.75, 3.05) is 32.8 Å². The van der Waals surface area contributed by atoms with Gasteiger partial charge >= 0.3 is 0 Å². The molecule has 24 heavy (non-hydrogen) atoms. The van der Waals surface area contributed by atoms with Crippen LogP contribution in [0.5, 0.6) is 0 Å². The fraction of sp³-hybridized carbons (Fsp3) is 0.368. The molecule has 0 aliphatic carbocycles. The average Bonchev–Trinajstić information content (AvgIpc) is 2.65. The van der Waals surface area contributed by atoms with E-state index >= 15 is 0 Å². The zero-order chi connectivity index (χ0) is 16.8. The lowest BCUT2D eigenvalue weighted by Crippen LogP contribution is -2.43. The molecule has 1 aliphatic rings. The van der Waals surface area contributed by atoms with Crippen LogP contribution in [0.15, 0.2) is 48.8 Å². The van der Waals surface area contributed by atoms with E-state index < -0.39 is 0 Å². The van der Waals surface area contributed by atoms with Crippen LogP contribution in [0.4, 0.5) is 0 Å². The second-order valence-corrected chi connectivity index (χ2v) is 6.03. The highest BCUT2D eigenvalue weighted by molar-refractivity contribution is 5.93. The van der Waals surface area contributed by atoms with Crippen LogP contribution in [0.25, 0.3) is 0 Å². The SMILES string of the molecule is Cc1ccc(C(CNC(=O)c2cccnc2)N2CCOCC2)cc1. The number of nitrogens with zero attached hydrogens (tertiary/aromatic N) is 2. The van der Waals surface area contributed by atoms with Gasteiger partial charge < -0.3 is 10.1 Å². The quantitative estimate of drug-likeness (QED) is 0.916. The molecule has 5 heteroatoms. The lowest BCUT2D eigenvalue weighted by Gasteiger charge is -2.35. The van der Waals surface area contributed by atoms with Crippen LogP contribution in [0.3, 0.4) is 0 Å². The Hall–Kier alpha value is -2.24. The Morgan fingerprint density at radius 2 is 2.00 bits per heavy atom. The number of rotatable bonds is 5. The number of morpholine rings is 1. The summed E-state index contributed by atoms with van der Waals surface area (Å²) >= 11 is 0. The number of aromatic nitrogens is 1. The number of hydrogen-bond acceptors (Lipinski definition) is 4. The summed E-state index contributed by atoms with van der Waals surface area (Å²) in [7, 11) is 0. The van der Waals surface area contributed by atoms with Crippen molar-refractivity contribution in [2.45, 2.75) is 13.0 Å². The first-order valence-corrected chi connectivity index (χ1v) is 8.30. The molecule has 5 nitrogen and oxygen atoms in total. The number of pyridine rings is 1. The van der Waals surface area contributed by atoms with Gasteiger partial charge in [-0.15, -0.1) is 0 Å².